The van der Waals surface area contributed by atoms with Crippen molar-refractivity contribution < 1.29 is 4.79 Å². The van der Waals surface area contributed by atoms with Crippen molar-refractivity contribution in [3.05, 3.63) is 61.5 Å². The first-order chi connectivity index (χ1) is 9.13. The molecule has 0 saturated heterocycles. The van der Waals surface area contributed by atoms with Crippen LogP contribution in [0, 0.1) is 9.81 Å². The van der Waals surface area contributed by atoms with Crippen molar-refractivity contribution in [3.8, 4) is 0 Å². The molecule has 2 heterocycles. The summed E-state index contributed by atoms with van der Waals surface area (Å²) in [7, 11) is 0. The van der Waals surface area contributed by atoms with Gasteiger partial charge in [0.05, 0.1) is 8.40 Å². The van der Waals surface area contributed by atoms with Gasteiger partial charge in [-0.25, -0.2) is 0 Å². The summed E-state index contributed by atoms with van der Waals surface area (Å²) in [4.78, 5) is 16.8. The van der Waals surface area contributed by atoms with Gasteiger partial charge in [-0.2, -0.15) is 0 Å². The Labute approximate surface area is 128 Å². The van der Waals surface area contributed by atoms with Crippen LogP contribution in [0.4, 0.5) is 0 Å². The van der Waals surface area contributed by atoms with E-state index in [0.29, 0.717) is 5.56 Å². The zero-order chi connectivity index (χ0) is 13.4. The Bertz CT molecular complexity index is 779. The van der Waals surface area contributed by atoms with Gasteiger partial charge in [0.1, 0.15) is 0 Å². The summed E-state index contributed by atoms with van der Waals surface area (Å²) in [5.41, 5.74) is 3.39. The van der Waals surface area contributed by atoms with Gasteiger partial charge in [-0.1, -0.05) is 6.07 Å². The number of carbonyl (C=O) groups excluding carboxylic acids is 1. The molecule has 0 aliphatic carbocycles. The summed E-state index contributed by atoms with van der Waals surface area (Å²) in [5, 5.41) is 2.91. The smallest absolute Gasteiger partial charge is 0.193 e. The van der Waals surface area contributed by atoms with E-state index in [2.05, 4.69) is 27.6 Å². The highest BCUT2D eigenvalue weighted by molar-refractivity contribution is 14.1. The van der Waals surface area contributed by atoms with Crippen LogP contribution in [0.1, 0.15) is 21.6 Å². The first-order valence-corrected chi connectivity index (χ1v) is 7.75. The van der Waals surface area contributed by atoms with Crippen LogP contribution in [-0.2, 0) is 0 Å². The Kier molecular flexibility index (Phi) is 3.36. The van der Waals surface area contributed by atoms with Gasteiger partial charge in [-0.05, 0) is 59.8 Å². The third kappa shape index (κ3) is 2.55. The minimum absolute atomic E-state index is 0.0710. The predicted molar refractivity (Wildman–Crippen MR) is 86.9 cm³/mol. The number of hydrogen-bond acceptors (Lipinski definition) is 3. The Hall–Kier alpha value is -1.27. The maximum atomic E-state index is 12.4. The number of aromatic nitrogens is 1. The number of benzene rings is 1. The predicted octanol–water partition coefficient (Wildman–Crippen LogP) is 4.44. The number of carbonyl (C=O) groups is 1. The number of thiophene rings is 1. The fraction of sp³-hybridized carbons (Fsp3) is 0.0667. The molecule has 4 heteroatoms. The van der Waals surface area contributed by atoms with Crippen molar-refractivity contribution in [2.24, 2.45) is 0 Å². The summed E-state index contributed by atoms with van der Waals surface area (Å²) in [6, 6.07) is 11.6. The summed E-state index contributed by atoms with van der Waals surface area (Å²) in [6.45, 7) is 1.96. The van der Waals surface area contributed by atoms with Crippen molar-refractivity contribution in [1.82, 2.24) is 4.98 Å². The van der Waals surface area contributed by atoms with E-state index in [1.54, 1.807) is 11.3 Å². The minimum atomic E-state index is 0.0710. The number of aryl methyl sites for hydroxylation is 1. The van der Waals surface area contributed by atoms with Crippen LogP contribution in [0.2, 0.25) is 0 Å². The van der Waals surface area contributed by atoms with Crippen LogP contribution in [0.15, 0.2) is 41.8 Å². The lowest BCUT2D eigenvalue weighted by Crippen LogP contribution is -1.99. The lowest BCUT2D eigenvalue weighted by Gasteiger charge is -2.02. The van der Waals surface area contributed by atoms with Gasteiger partial charge in [-0.3, -0.25) is 9.78 Å². The quantitative estimate of drug-likeness (QED) is 0.487. The number of nitrogens with zero attached hydrogens (tertiary/aromatic N) is 1. The summed E-state index contributed by atoms with van der Waals surface area (Å²) in [6.07, 6.45) is 0. The number of halogens is 1. The molecular weight excluding hydrogens is 369 g/mol. The summed E-state index contributed by atoms with van der Waals surface area (Å²) < 4.78 is 1.12. The monoisotopic (exact) mass is 379 g/mol. The molecule has 1 aromatic carbocycles. The van der Waals surface area contributed by atoms with Gasteiger partial charge in [0.2, 0.25) is 0 Å². The van der Waals surface area contributed by atoms with Gasteiger partial charge in [-0.15, -0.1) is 11.3 Å². The third-order valence-corrected chi connectivity index (χ3v) is 4.71. The van der Waals surface area contributed by atoms with Crippen LogP contribution in [0.3, 0.4) is 0 Å². The molecule has 0 amide bonds. The molecule has 3 rings (SSSR count). The lowest BCUT2D eigenvalue weighted by atomic mass is 10.0. The maximum Gasteiger partial charge on any atom is 0.193 e. The Morgan fingerprint density at radius 1 is 1.16 bits per heavy atom. The first-order valence-electron chi connectivity index (χ1n) is 5.79. The fourth-order valence-electron chi connectivity index (χ4n) is 1.96. The van der Waals surface area contributed by atoms with E-state index in [1.807, 2.05) is 48.7 Å². The zero-order valence-corrected chi connectivity index (χ0v) is 13.2. The molecule has 0 atom stereocenters. The molecule has 0 aliphatic heterocycles. The largest absolute Gasteiger partial charge is 0.289 e. The van der Waals surface area contributed by atoms with Crippen LogP contribution in [-0.4, -0.2) is 10.8 Å². The van der Waals surface area contributed by atoms with E-state index in [0.717, 1.165) is 25.0 Å². The normalized spacial score (nSPS) is 10.8. The van der Waals surface area contributed by atoms with Gasteiger partial charge < -0.3 is 0 Å². The van der Waals surface area contributed by atoms with E-state index >= 15 is 0 Å². The van der Waals surface area contributed by atoms with Crippen LogP contribution < -0.4 is 0 Å². The third-order valence-electron chi connectivity index (χ3n) is 2.92. The van der Waals surface area contributed by atoms with E-state index in [4.69, 9.17) is 0 Å². The Balaban J connectivity index is 2.06. The molecule has 0 spiro atoms. The molecular formula is C15H10INOS. The van der Waals surface area contributed by atoms with Crippen LogP contribution in [0.5, 0.6) is 0 Å². The van der Waals surface area contributed by atoms with Crippen molar-refractivity contribution in [2.45, 2.75) is 6.92 Å². The molecule has 0 aliphatic rings. The number of fused-ring (bicyclic) bond motifs is 1. The van der Waals surface area contributed by atoms with Gasteiger partial charge in [0, 0.05) is 27.6 Å². The second-order valence-electron chi connectivity index (χ2n) is 4.33. The SMILES string of the molecule is Cc1ccc2cc(C(=O)c3csc(I)c3)ccc2n1. The summed E-state index contributed by atoms with van der Waals surface area (Å²) >= 11 is 3.81. The standard InChI is InChI=1S/C15H10INOS/c1-9-2-3-10-6-11(4-5-13(10)17-9)15(18)12-7-14(16)19-8-12/h2-8H,1H3. The molecule has 3 aromatic rings. The van der Waals surface area contributed by atoms with Crippen LogP contribution >= 0.6 is 33.9 Å². The average molecular weight is 379 g/mol. The molecule has 0 saturated carbocycles. The van der Waals surface area contributed by atoms with Gasteiger partial charge in [0.25, 0.3) is 0 Å². The second-order valence-corrected chi connectivity index (χ2v) is 7.13. The fourth-order valence-corrected chi connectivity index (χ4v) is 3.29. The number of rotatable bonds is 2. The average Bonchev–Trinajstić information content (AvgIpc) is 2.84. The van der Waals surface area contributed by atoms with Crippen LogP contribution in [0.25, 0.3) is 10.9 Å². The molecule has 0 N–H and O–H groups in total. The Morgan fingerprint density at radius 2 is 2.00 bits per heavy atom. The summed E-state index contributed by atoms with van der Waals surface area (Å²) in [5.74, 6) is 0.0710. The first kappa shape index (κ1) is 12.7. The molecule has 0 fully saturated rings. The molecule has 0 bridgehead atoms. The maximum absolute atomic E-state index is 12.4. The molecule has 19 heavy (non-hydrogen) atoms. The number of ketones is 1. The molecule has 2 aromatic heterocycles. The van der Waals surface area contributed by atoms with E-state index in [1.165, 1.54) is 0 Å². The highest BCUT2D eigenvalue weighted by Gasteiger charge is 2.11. The molecule has 0 unspecified atom stereocenters. The van der Waals surface area contributed by atoms with Crippen molar-refractivity contribution >= 4 is 50.6 Å². The second kappa shape index (κ2) is 5.02. The van der Waals surface area contributed by atoms with E-state index < -0.39 is 0 Å². The Morgan fingerprint density at radius 3 is 2.74 bits per heavy atom. The highest BCUT2D eigenvalue weighted by atomic mass is 127. The number of pyridine rings is 1. The molecule has 2 nitrogen and oxygen atoms in total. The van der Waals surface area contributed by atoms with Gasteiger partial charge in [0.15, 0.2) is 5.78 Å². The van der Waals surface area contributed by atoms with Crippen molar-refractivity contribution in [1.29, 1.82) is 0 Å². The lowest BCUT2D eigenvalue weighted by molar-refractivity contribution is 0.103. The number of hydrogen-bond donors (Lipinski definition) is 0. The van der Waals surface area contributed by atoms with Crippen molar-refractivity contribution in [2.75, 3.05) is 0 Å². The molecule has 94 valence electrons. The topological polar surface area (TPSA) is 30.0 Å². The highest BCUT2D eigenvalue weighted by Crippen LogP contribution is 2.21. The van der Waals surface area contributed by atoms with E-state index in [-0.39, 0.29) is 5.78 Å². The van der Waals surface area contributed by atoms with E-state index in [9.17, 15) is 4.79 Å². The van der Waals surface area contributed by atoms with Gasteiger partial charge >= 0.3 is 0 Å². The van der Waals surface area contributed by atoms with Crippen molar-refractivity contribution in [3.63, 3.8) is 0 Å². The molecule has 0 radical (unpaired) electrons. The minimum Gasteiger partial charge on any atom is -0.289 e. The zero-order valence-electron chi connectivity index (χ0n) is 10.2.